The quantitative estimate of drug-likeness (QED) is 0.312. The first kappa shape index (κ1) is 16.2. The van der Waals surface area contributed by atoms with Crippen molar-refractivity contribution in [1.29, 1.82) is 0 Å². The maximum Gasteiger partial charge on any atom is 0.186 e. The molecule has 1 rings (SSSR count). The van der Waals surface area contributed by atoms with Gasteiger partial charge in [0.05, 0.1) is 13.3 Å². The van der Waals surface area contributed by atoms with E-state index in [0.29, 0.717) is 10.9 Å². The lowest BCUT2D eigenvalue weighted by atomic mass is 10.2. The summed E-state index contributed by atoms with van der Waals surface area (Å²) in [4.78, 5) is 0. The molecule has 6 heteroatoms. The van der Waals surface area contributed by atoms with Crippen molar-refractivity contribution in [1.82, 2.24) is 10.7 Å². The summed E-state index contributed by atoms with van der Waals surface area (Å²) in [7, 11) is 1.51. The molecule has 0 atom stereocenters. The normalized spacial score (nSPS) is 10.5. The molecule has 0 heterocycles. The molecular formula is C14H21N3O2S. The number of hydrogen-bond acceptors (Lipinski definition) is 4. The maximum atomic E-state index is 9.62. The highest BCUT2D eigenvalue weighted by molar-refractivity contribution is 7.80. The maximum absolute atomic E-state index is 9.62. The second-order valence-electron chi connectivity index (χ2n) is 4.26. The van der Waals surface area contributed by atoms with Crippen molar-refractivity contribution in [2.24, 2.45) is 5.10 Å². The van der Waals surface area contributed by atoms with Gasteiger partial charge in [0.25, 0.3) is 0 Å². The van der Waals surface area contributed by atoms with Crippen LogP contribution in [0.5, 0.6) is 11.5 Å². The van der Waals surface area contributed by atoms with Crippen molar-refractivity contribution in [3.05, 3.63) is 23.8 Å². The fourth-order valence-corrected chi connectivity index (χ4v) is 1.72. The number of unbranched alkanes of at least 4 members (excludes halogenated alkanes) is 2. The molecule has 0 fully saturated rings. The van der Waals surface area contributed by atoms with Gasteiger partial charge in [0.1, 0.15) is 0 Å². The number of phenols is 1. The molecule has 3 N–H and O–H groups in total. The number of aromatic hydroxyl groups is 1. The number of rotatable bonds is 7. The second kappa shape index (κ2) is 9.14. The van der Waals surface area contributed by atoms with E-state index < -0.39 is 0 Å². The SMILES string of the molecule is CCCCCNC(=S)N/N=C\c1ccc(OC)c(O)c1. The first-order chi connectivity index (χ1) is 9.67. The average Bonchev–Trinajstić information content (AvgIpc) is 2.44. The van der Waals surface area contributed by atoms with E-state index in [1.165, 1.54) is 20.0 Å². The molecule has 0 aliphatic rings. The monoisotopic (exact) mass is 295 g/mol. The summed E-state index contributed by atoms with van der Waals surface area (Å²) >= 11 is 5.08. The Bertz CT molecular complexity index is 464. The lowest BCUT2D eigenvalue weighted by molar-refractivity contribution is 0.373. The molecule has 0 aliphatic heterocycles. The number of phenolic OH excluding ortho intramolecular Hbond substituents is 1. The van der Waals surface area contributed by atoms with Crippen LogP contribution in [0.1, 0.15) is 31.7 Å². The third-order valence-electron chi connectivity index (χ3n) is 2.65. The number of ether oxygens (including phenoxy) is 1. The van der Waals surface area contributed by atoms with Gasteiger partial charge in [-0.2, -0.15) is 5.10 Å². The Morgan fingerprint density at radius 3 is 2.90 bits per heavy atom. The fourth-order valence-electron chi connectivity index (χ4n) is 1.57. The summed E-state index contributed by atoms with van der Waals surface area (Å²) in [6.07, 6.45) is 5.04. The number of benzene rings is 1. The molecule has 5 nitrogen and oxygen atoms in total. The van der Waals surface area contributed by atoms with E-state index in [4.69, 9.17) is 17.0 Å². The number of nitrogens with zero attached hydrogens (tertiary/aromatic N) is 1. The van der Waals surface area contributed by atoms with Crippen LogP contribution in [0.3, 0.4) is 0 Å². The Kier molecular flexibility index (Phi) is 7.42. The van der Waals surface area contributed by atoms with Crippen molar-refractivity contribution in [3.8, 4) is 11.5 Å². The van der Waals surface area contributed by atoms with Gasteiger partial charge in [0, 0.05) is 6.54 Å². The van der Waals surface area contributed by atoms with Crippen molar-refractivity contribution >= 4 is 23.5 Å². The zero-order valence-corrected chi connectivity index (χ0v) is 12.7. The Hall–Kier alpha value is -1.82. The molecule has 0 amide bonds. The van der Waals surface area contributed by atoms with Crippen LogP contribution >= 0.6 is 12.2 Å². The molecule has 0 spiro atoms. The second-order valence-corrected chi connectivity index (χ2v) is 4.67. The molecule has 0 aromatic heterocycles. The first-order valence-electron chi connectivity index (χ1n) is 6.61. The topological polar surface area (TPSA) is 65.9 Å². The zero-order valence-electron chi connectivity index (χ0n) is 11.8. The van der Waals surface area contributed by atoms with E-state index in [1.54, 1.807) is 24.4 Å². The van der Waals surface area contributed by atoms with E-state index in [2.05, 4.69) is 22.8 Å². The van der Waals surface area contributed by atoms with Gasteiger partial charge in [0.15, 0.2) is 16.6 Å². The van der Waals surface area contributed by atoms with Gasteiger partial charge in [-0.3, -0.25) is 5.43 Å². The molecule has 1 aromatic rings. The highest BCUT2D eigenvalue weighted by Gasteiger charge is 2.00. The van der Waals surface area contributed by atoms with Gasteiger partial charge in [0.2, 0.25) is 0 Å². The lowest BCUT2D eigenvalue weighted by Crippen LogP contribution is -2.32. The average molecular weight is 295 g/mol. The Balaban J connectivity index is 2.37. The van der Waals surface area contributed by atoms with E-state index in [1.807, 2.05) is 0 Å². The number of methoxy groups -OCH3 is 1. The van der Waals surface area contributed by atoms with Gasteiger partial charge >= 0.3 is 0 Å². The minimum Gasteiger partial charge on any atom is -0.504 e. The Labute approximate surface area is 125 Å². The molecule has 0 radical (unpaired) electrons. The Morgan fingerprint density at radius 2 is 2.25 bits per heavy atom. The van der Waals surface area contributed by atoms with Gasteiger partial charge < -0.3 is 15.2 Å². The van der Waals surface area contributed by atoms with Gasteiger partial charge in [-0.25, -0.2) is 0 Å². The van der Waals surface area contributed by atoms with Crippen molar-refractivity contribution in [2.75, 3.05) is 13.7 Å². The molecule has 0 unspecified atom stereocenters. The van der Waals surface area contributed by atoms with Gasteiger partial charge in [-0.05, 0) is 42.4 Å². The number of thiocarbonyl (C=S) groups is 1. The standard InChI is InChI=1S/C14H21N3O2S/c1-3-4-5-8-15-14(20)17-16-10-11-6-7-13(19-2)12(18)9-11/h6-7,9-10,18H,3-5,8H2,1-2H3,(H2,15,17,20)/b16-10-. The van der Waals surface area contributed by atoms with Crippen LogP contribution in [0.15, 0.2) is 23.3 Å². The molecule has 0 bridgehead atoms. The van der Waals surface area contributed by atoms with E-state index in [-0.39, 0.29) is 5.75 Å². The number of hydrogen-bond donors (Lipinski definition) is 3. The summed E-state index contributed by atoms with van der Waals surface area (Å²) in [5.41, 5.74) is 3.49. The van der Waals surface area contributed by atoms with Crippen LogP contribution in [-0.2, 0) is 0 Å². The minimum atomic E-state index is 0.0803. The fraction of sp³-hybridized carbons (Fsp3) is 0.429. The van der Waals surface area contributed by atoms with Crippen molar-refractivity contribution < 1.29 is 9.84 Å². The van der Waals surface area contributed by atoms with E-state index in [0.717, 1.165) is 18.5 Å². The van der Waals surface area contributed by atoms with Gasteiger partial charge in [-0.1, -0.05) is 19.8 Å². The number of hydrazone groups is 1. The van der Waals surface area contributed by atoms with Crippen LogP contribution in [0.25, 0.3) is 0 Å². The molecule has 0 saturated carbocycles. The summed E-state index contributed by atoms with van der Waals surface area (Å²) in [6.45, 7) is 3.00. The third kappa shape index (κ3) is 5.88. The van der Waals surface area contributed by atoms with Crippen molar-refractivity contribution in [3.63, 3.8) is 0 Å². The van der Waals surface area contributed by atoms with E-state index in [9.17, 15) is 5.11 Å². The van der Waals surface area contributed by atoms with Crippen LogP contribution in [0.4, 0.5) is 0 Å². The first-order valence-corrected chi connectivity index (χ1v) is 7.02. The highest BCUT2D eigenvalue weighted by Crippen LogP contribution is 2.25. The highest BCUT2D eigenvalue weighted by atomic mass is 32.1. The van der Waals surface area contributed by atoms with Gasteiger partial charge in [-0.15, -0.1) is 0 Å². The van der Waals surface area contributed by atoms with Crippen LogP contribution in [0, 0.1) is 0 Å². The summed E-state index contributed by atoms with van der Waals surface area (Å²) < 4.78 is 4.97. The predicted molar refractivity (Wildman–Crippen MR) is 85.5 cm³/mol. The molecule has 1 aromatic carbocycles. The third-order valence-corrected chi connectivity index (χ3v) is 2.88. The lowest BCUT2D eigenvalue weighted by Gasteiger charge is -2.06. The molecule has 20 heavy (non-hydrogen) atoms. The van der Waals surface area contributed by atoms with E-state index >= 15 is 0 Å². The van der Waals surface area contributed by atoms with Crippen LogP contribution < -0.4 is 15.5 Å². The van der Waals surface area contributed by atoms with Crippen LogP contribution in [-0.4, -0.2) is 30.1 Å². The number of nitrogens with one attached hydrogen (secondary N) is 2. The smallest absolute Gasteiger partial charge is 0.186 e. The van der Waals surface area contributed by atoms with Crippen molar-refractivity contribution in [2.45, 2.75) is 26.2 Å². The zero-order chi connectivity index (χ0) is 14.8. The van der Waals surface area contributed by atoms with Crippen LogP contribution in [0.2, 0.25) is 0 Å². The Morgan fingerprint density at radius 1 is 1.45 bits per heavy atom. The molecule has 0 aliphatic carbocycles. The summed E-state index contributed by atoms with van der Waals surface area (Å²) in [5.74, 6) is 0.514. The summed E-state index contributed by atoms with van der Waals surface area (Å²) in [5, 5.41) is 17.2. The predicted octanol–water partition coefficient (Wildman–Crippen LogP) is 2.39. The molecular weight excluding hydrogens is 274 g/mol. The molecule has 0 saturated heterocycles. The molecule has 110 valence electrons. The summed E-state index contributed by atoms with van der Waals surface area (Å²) in [6, 6.07) is 5.04. The minimum absolute atomic E-state index is 0.0803. The largest absolute Gasteiger partial charge is 0.504 e.